The van der Waals surface area contributed by atoms with E-state index in [1.165, 1.54) is 6.92 Å². The molecule has 0 saturated carbocycles. The van der Waals surface area contributed by atoms with Gasteiger partial charge in [-0.05, 0) is 25.1 Å². The van der Waals surface area contributed by atoms with E-state index in [0.29, 0.717) is 18.0 Å². The summed E-state index contributed by atoms with van der Waals surface area (Å²) < 4.78 is 5.21. The van der Waals surface area contributed by atoms with Crippen molar-refractivity contribution in [1.82, 2.24) is 0 Å². The first-order valence-electron chi connectivity index (χ1n) is 5.57. The van der Waals surface area contributed by atoms with E-state index in [9.17, 15) is 4.79 Å². The minimum absolute atomic E-state index is 0.118. The summed E-state index contributed by atoms with van der Waals surface area (Å²) in [5.41, 5.74) is 7.03. The summed E-state index contributed by atoms with van der Waals surface area (Å²) in [6, 6.07) is 5.55. The number of benzene rings is 1. The summed E-state index contributed by atoms with van der Waals surface area (Å²) in [5, 5.41) is 5.94. The van der Waals surface area contributed by atoms with Crippen LogP contribution < -0.4 is 21.1 Å². The minimum Gasteiger partial charge on any atom is -0.494 e. The van der Waals surface area contributed by atoms with Crippen molar-refractivity contribution in [2.75, 3.05) is 30.8 Å². The topological polar surface area (TPSA) is 76.4 Å². The zero-order valence-electron chi connectivity index (χ0n) is 10.2. The van der Waals surface area contributed by atoms with Gasteiger partial charge in [-0.3, -0.25) is 4.79 Å². The average Bonchev–Trinajstić information content (AvgIpc) is 2.30. The molecule has 4 N–H and O–H groups in total. The van der Waals surface area contributed by atoms with Crippen molar-refractivity contribution >= 4 is 17.3 Å². The molecule has 0 radical (unpaired) electrons. The van der Waals surface area contributed by atoms with Gasteiger partial charge in [0.05, 0.1) is 12.8 Å². The van der Waals surface area contributed by atoms with Gasteiger partial charge in [0, 0.05) is 25.2 Å². The number of hydrogen-bond acceptors (Lipinski definition) is 4. The van der Waals surface area contributed by atoms with Gasteiger partial charge in [-0.25, -0.2) is 0 Å². The average molecular weight is 237 g/mol. The number of amides is 1. The SMILES string of the molecule is COc1cc(NCCCN)ccc1NC(C)=O. The number of hydrogen-bond donors (Lipinski definition) is 3. The molecule has 1 amide bonds. The van der Waals surface area contributed by atoms with Crippen molar-refractivity contribution < 1.29 is 9.53 Å². The van der Waals surface area contributed by atoms with Gasteiger partial charge in [-0.15, -0.1) is 0 Å². The van der Waals surface area contributed by atoms with Gasteiger partial charge in [0.1, 0.15) is 5.75 Å². The third-order valence-corrected chi connectivity index (χ3v) is 2.22. The molecule has 5 heteroatoms. The highest BCUT2D eigenvalue weighted by Crippen LogP contribution is 2.27. The largest absolute Gasteiger partial charge is 0.494 e. The van der Waals surface area contributed by atoms with Gasteiger partial charge in [-0.2, -0.15) is 0 Å². The van der Waals surface area contributed by atoms with Crippen LogP contribution in [-0.4, -0.2) is 26.1 Å². The van der Waals surface area contributed by atoms with Gasteiger partial charge in [-0.1, -0.05) is 0 Å². The number of anilines is 2. The Morgan fingerprint density at radius 1 is 1.47 bits per heavy atom. The second-order valence-corrected chi connectivity index (χ2v) is 3.67. The Morgan fingerprint density at radius 2 is 2.24 bits per heavy atom. The van der Waals surface area contributed by atoms with Crippen LogP contribution in [0.15, 0.2) is 18.2 Å². The normalized spacial score (nSPS) is 9.82. The zero-order valence-corrected chi connectivity index (χ0v) is 10.2. The molecule has 0 heterocycles. The van der Waals surface area contributed by atoms with E-state index < -0.39 is 0 Å². The summed E-state index contributed by atoms with van der Waals surface area (Å²) in [4.78, 5) is 11.0. The van der Waals surface area contributed by atoms with Crippen molar-refractivity contribution in [2.24, 2.45) is 5.73 Å². The predicted octanol–water partition coefficient (Wildman–Crippen LogP) is 1.41. The van der Waals surface area contributed by atoms with Gasteiger partial charge >= 0.3 is 0 Å². The molecule has 1 aromatic carbocycles. The Morgan fingerprint density at radius 3 is 2.82 bits per heavy atom. The van der Waals surface area contributed by atoms with E-state index in [1.54, 1.807) is 7.11 Å². The van der Waals surface area contributed by atoms with Crippen LogP contribution in [0, 0.1) is 0 Å². The van der Waals surface area contributed by atoms with Gasteiger partial charge < -0.3 is 21.1 Å². The molecule has 1 aromatic rings. The van der Waals surface area contributed by atoms with E-state index in [-0.39, 0.29) is 5.91 Å². The second kappa shape index (κ2) is 6.75. The molecule has 0 aromatic heterocycles. The van der Waals surface area contributed by atoms with Crippen molar-refractivity contribution in [3.05, 3.63) is 18.2 Å². The van der Waals surface area contributed by atoms with Gasteiger partial charge in [0.15, 0.2) is 0 Å². The Balaban J connectivity index is 2.73. The van der Waals surface area contributed by atoms with Crippen LogP contribution >= 0.6 is 0 Å². The second-order valence-electron chi connectivity index (χ2n) is 3.67. The molecule has 1 rings (SSSR count). The molecule has 0 bridgehead atoms. The van der Waals surface area contributed by atoms with Crippen LogP contribution in [0.3, 0.4) is 0 Å². The molecule has 94 valence electrons. The fraction of sp³-hybridized carbons (Fsp3) is 0.417. The van der Waals surface area contributed by atoms with Gasteiger partial charge in [0.25, 0.3) is 0 Å². The zero-order chi connectivity index (χ0) is 12.7. The van der Waals surface area contributed by atoms with Gasteiger partial charge in [0.2, 0.25) is 5.91 Å². The van der Waals surface area contributed by atoms with Crippen LogP contribution in [0.2, 0.25) is 0 Å². The fourth-order valence-corrected chi connectivity index (χ4v) is 1.43. The highest BCUT2D eigenvalue weighted by Gasteiger charge is 2.05. The third-order valence-electron chi connectivity index (χ3n) is 2.22. The molecule has 0 saturated heterocycles. The predicted molar refractivity (Wildman–Crippen MR) is 69.5 cm³/mol. The summed E-state index contributed by atoms with van der Waals surface area (Å²) in [5.74, 6) is 0.519. The first-order chi connectivity index (χ1) is 8.17. The van der Waals surface area contributed by atoms with Crippen molar-refractivity contribution in [3.63, 3.8) is 0 Å². The molecule has 0 fully saturated rings. The van der Waals surface area contributed by atoms with Crippen LogP contribution in [-0.2, 0) is 4.79 Å². The lowest BCUT2D eigenvalue weighted by atomic mass is 10.2. The lowest BCUT2D eigenvalue weighted by Crippen LogP contribution is -2.09. The molecule has 0 aliphatic rings. The standard InChI is InChI=1S/C12H19N3O2/c1-9(16)15-11-5-4-10(8-12(11)17-2)14-7-3-6-13/h4-5,8,14H,3,6-7,13H2,1-2H3,(H,15,16). The van der Waals surface area contributed by atoms with E-state index in [0.717, 1.165) is 18.7 Å². The first kappa shape index (κ1) is 13.3. The Hall–Kier alpha value is -1.75. The fourth-order valence-electron chi connectivity index (χ4n) is 1.43. The number of carbonyl (C=O) groups is 1. The third kappa shape index (κ3) is 4.32. The van der Waals surface area contributed by atoms with E-state index in [1.807, 2.05) is 18.2 Å². The number of nitrogens with one attached hydrogen (secondary N) is 2. The molecule has 0 unspecified atom stereocenters. The van der Waals surface area contributed by atoms with Crippen LogP contribution in [0.25, 0.3) is 0 Å². The molecule has 0 aliphatic heterocycles. The number of ether oxygens (including phenoxy) is 1. The van der Waals surface area contributed by atoms with Crippen LogP contribution in [0.4, 0.5) is 11.4 Å². The quantitative estimate of drug-likeness (QED) is 0.654. The minimum atomic E-state index is -0.118. The molecule has 0 atom stereocenters. The van der Waals surface area contributed by atoms with Crippen molar-refractivity contribution in [1.29, 1.82) is 0 Å². The molecule has 0 spiro atoms. The van der Waals surface area contributed by atoms with E-state index in [4.69, 9.17) is 10.5 Å². The molecular weight excluding hydrogens is 218 g/mol. The van der Waals surface area contributed by atoms with E-state index in [2.05, 4.69) is 10.6 Å². The Kier molecular flexibility index (Phi) is 5.29. The summed E-state index contributed by atoms with van der Waals surface area (Å²) in [7, 11) is 1.57. The number of nitrogens with two attached hydrogens (primary N) is 1. The van der Waals surface area contributed by atoms with Crippen molar-refractivity contribution in [2.45, 2.75) is 13.3 Å². The smallest absolute Gasteiger partial charge is 0.221 e. The maximum absolute atomic E-state index is 11.0. The van der Waals surface area contributed by atoms with Crippen LogP contribution in [0.5, 0.6) is 5.75 Å². The molecule has 0 aliphatic carbocycles. The number of methoxy groups -OCH3 is 1. The molecule has 17 heavy (non-hydrogen) atoms. The Bertz CT molecular complexity index is 380. The maximum Gasteiger partial charge on any atom is 0.221 e. The highest BCUT2D eigenvalue weighted by molar-refractivity contribution is 5.90. The highest BCUT2D eigenvalue weighted by atomic mass is 16.5. The summed E-state index contributed by atoms with van der Waals surface area (Å²) in [6.07, 6.45) is 0.912. The summed E-state index contributed by atoms with van der Waals surface area (Å²) in [6.45, 7) is 2.94. The first-order valence-corrected chi connectivity index (χ1v) is 5.57. The number of carbonyl (C=O) groups excluding carboxylic acids is 1. The maximum atomic E-state index is 11.0. The lowest BCUT2D eigenvalue weighted by molar-refractivity contribution is -0.114. The summed E-state index contributed by atoms with van der Waals surface area (Å²) >= 11 is 0. The number of rotatable bonds is 6. The van der Waals surface area contributed by atoms with Crippen LogP contribution in [0.1, 0.15) is 13.3 Å². The van der Waals surface area contributed by atoms with E-state index >= 15 is 0 Å². The van der Waals surface area contributed by atoms with Crippen molar-refractivity contribution in [3.8, 4) is 5.75 Å². The lowest BCUT2D eigenvalue weighted by Gasteiger charge is -2.12. The molecule has 5 nitrogen and oxygen atoms in total. The molecular formula is C12H19N3O2. The monoisotopic (exact) mass is 237 g/mol. The Labute approximate surface area is 101 Å².